The molecule has 1 N–H and O–H groups in total. The minimum atomic E-state index is -0.240. The SMILES string of the molecule is O=c1c(/C=N\Nc2ccccc2)c(Sc2nnnn2-c2ccccc2)nc2ccccn12. The number of fused-ring (bicyclic) bond motifs is 1. The number of nitrogens with one attached hydrogen (secondary N) is 1. The Balaban J connectivity index is 1.56. The number of aromatic nitrogens is 6. The number of hydrogen-bond donors (Lipinski definition) is 1. The number of benzene rings is 2. The van der Waals surface area contributed by atoms with Crippen molar-refractivity contribution in [2.75, 3.05) is 5.43 Å². The zero-order valence-corrected chi connectivity index (χ0v) is 17.4. The number of anilines is 1. The summed E-state index contributed by atoms with van der Waals surface area (Å²) < 4.78 is 3.08. The van der Waals surface area contributed by atoms with Crippen LogP contribution >= 0.6 is 11.8 Å². The molecule has 156 valence electrons. The molecule has 10 heteroatoms. The van der Waals surface area contributed by atoms with Crippen molar-refractivity contribution < 1.29 is 0 Å². The Morgan fingerprint density at radius 3 is 2.50 bits per heavy atom. The number of para-hydroxylation sites is 2. The third kappa shape index (κ3) is 3.98. The Bertz CT molecular complexity index is 1450. The molecule has 2 aromatic carbocycles. The molecule has 0 fully saturated rings. The molecule has 5 aromatic rings. The van der Waals surface area contributed by atoms with Crippen molar-refractivity contribution in [1.82, 2.24) is 29.6 Å². The van der Waals surface area contributed by atoms with Crippen LogP contribution in [0.25, 0.3) is 11.3 Å². The van der Waals surface area contributed by atoms with E-state index in [0.717, 1.165) is 11.4 Å². The molecule has 0 unspecified atom stereocenters. The number of nitrogens with zero attached hydrogens (tertiary/aromatic N) is 7. The van der Waals surface area contributed by atoms with Crippen LogP contribution in [0.2, 0.25) is 0 Å². The second kappa shape index (κ2) is 8.82. The normalized spacial score (nSPS) is 11.2. The van der Waals surface area contributed by atoms with Crippen LogP contribution in [-0.4, -0.2) is 35.8 Å². The van der Waals surface area contributed by atoms with Crippen molar-refractivity contribution in [2.45, 2.75) is 10.2 Å². The average molecular weight is 440 g/mol. The topological polar surface area (TPSA) is 102 Å². The molecule has 3 heterocycles. The molecule has 32 heavy (non-hydrogen) atoms. The number of hydrazone groups is 1. The van der Waals surface area contributed by atoms with E-state index in [2.05, 4.69) is 31.0 Å². The number of pyridine rings is 1. The molecular formula is C22H16N8OS. The highest BCUT2D eigenvalue weighted by molar-refractivity contribution is 7.99. The molecule has 5 rings (SSSR count). The van der Waals surface area contributed by atoms with E-state index in [9.17, 15) is 4.79 Å². The summed E-state index contributed by atoms with van der Waals surface area (Å²) in [4.78, 5) is 17.9. The summed E-state index contributed by atoms with van der Waals surface area (Å²) in [7, 11) is 0. The van der Waals surface area contributed by atoms with Crippen LogP contribution in [0.5, 0.6) is 0 Å². The minimum absolute atomic E-state index is 0.240. The molecular weight excluding hydrogens is 424 g/mol. The van der Waals surface area contributed by atoms with Crippen LogP contribution in [0.3, 0.4) is 0 Å². The second-order valence-corrected chi connectivity index (χ2v) is 7.57. The zero-order chi connectivity index (χ0) is 21.8. The van der Waals surface area contributed by atoms with Crippen LogP contribution < -0.4 is 11.0 Å². The van der Waals surface area contributed by atoms with Gasteiger partial charge in [-0.05, 0) is 58.6 Å². The Morgan fingerprint density at radius 2 is 1.69 bits per heavy atom. The third-order valence-electron chi connectivity index (χ3n) is 4.52. The van der Waals surface area contributed by atoms with Gasteiger partial charge in [0, 0.05) is 6.20 Å². The Morgan fingerprint density at radius 1 is 0.938 bits per heavy atom. The second-order valence-electron chi connectivity index (χ2n) is 6.61. The Kier molecular flexibility index (Phi) is 5.41. The molecule has 0 amide bonds. The Hall–Kier alpha value is -4.31. The maximum Gasteiger partial charge on any atom is 0.267 e. The first kappa shape index (κ1) is 19.6. The number of tetrazole rings is 1. The third-order valence-corrected chi connectivity index (χ3v) is 5.47. The van der Waals surface area contributed by atoms with Gasteiger partial charge in [-0.3, -0.25) is 14.6 Å². The lowest BCUT2D eigenvalue weighted by atomic mass is 10.3. The fourth-order valence-corrected chi connectivity index (χ4v) is 3.88. The van der Waals surface area contributed by atoms with E-state index in [1.54, 1.807) is 23.0 Å². The largest absolute Gasteiger partial charge is 0.279 e. The molecule has 0 saturated heterocycles. The summed E-state index contributed by atoms with van der Waals surface area (Å²) in [5, 5.41) is 17.2. The van der Waals surface area contributed by atoms with Crippen LogP contribution in [-0.2, 0) is 0 Å². The molecule has 0 radical (unpaired) electrons. The van der Waals surface area contributed by atoms with Gasteiger partial charge in [0.25, 0.3) is 5.56 Å². The molecule has 0 atom stereocenters. The molecule has 0 aliphatic heterocycles. The lowest BCUT2D eigenvalue weighted by molar-refractivity contribution is 0.755. The van der Waals surface area contributed by atoms with Crippen molar-refractivity contribution >= 4 is 29.3 Å². The summed E-state index contributed by atoms with van der Waals surface area (Å²) in [6.07, 6.45) is 3.15. The van der Waals surface area contributed by atoms with E-state index in [4.69, 9.17) is 0 Å². The van der Waals surface area contributed by atoms with Crippen LogP contribution in [0.1, 0.15) is 5.56 Å². The summed E-state index contributed by atoms with van der Waals surface area (Å²) in [5.74, 6) is 0. The molecule has 0 spiro atoms. The molecule has 0 bridgehead atoms. The van der Waals surface area contributed by atoms with Gasteiger partial charge in [0.1, 0.15) is 10.7 Å². The molecule has 3 aromatic heterocycles. The molecule has 0 aliphatic rings. The standard InChI is InChI=1S/C22H16N8OS/c31-21-18(15-23-25-16-9-3-1-4-10-16)20(24-19-13-7-8-14-29(19)21)32-22-26-27-28-30(22)17-11-5-2-6-12-17/h1-15,25H/b23-15-. The van der Waals surface area contributed by atoms with Crippen LogP contribution in [0.15, 0.2) is 105 Å². The number of hydrogen-bond acceptors (Lipinski definition) is 8. The predicted octanol–water partition coefficient (Wildman–Crippen LogP) is 3.27. The summed E-state index contributed by atoms with van der Waals surface area (Å²) in [6.45, 7) is 0. The highest BCUT2D eigenvalue weighted by Gasteiger charge is 2.17. The van der Waals surface area contributed by atoms with Gasteiger partial charge in [0.15, 0.2) is 0 Å². The summed E-state index contributed by atoms with van der Waals surface area (Å²) in [6, 6.07) is 24.4. The van der Waals surface area contributed by atoms with Gasteiger partial charge in [0.05, 0.1) is 23.2 Å². The highest BCUT2D eigenvalue weighted by atomic mass is 32.2. The van der Waals surface area contributed by atoms with Crippen molar-refractivity contribution in [3.05, 3.63) is 101 Å². The quantitative estimate of drug-likeness (QED) is 0.246. The lowest BCUT2D eigenvalue weighted by Crippen LogP contribution is -2.21. The molecule has 9 nitrogen and oxygen atoms in total. The van der Waals surface area contributed by atoms with E-state index in [0.29, 0.717) is 21.4 Å². The van der Waals surface area contributed by atoms with Crippen molar-refractivity contribution in [2.24, 2.45) is 5.10 Å². The van der Waals surface area contributed by atoms with Gasteiger partial charge >= 0.3 is 0 Å². The smallest absolute Gasteiger partial charge is 0.267 e. The summed E-state index contributed by atoms with van der Waals surface area (Å²) in [5.41, 5.74) is 5.14. The maximum absolute atomic E-state index is 13.2. The van der Waals surface area contributed by atoms with E-state index in [1.807, 2.05) is 66.7 Å². The fourth-order valence-electron chi connectivity index (χ4n) is 3.01. The zero-order valence-electron chi connectivity index (χ0n) is 16.6. The molecule has 0 aliphatic carbocycles. The van der Waals surface area contributed by atoms with Gasteiger partial charge in [-0.2, -0.15) is 9.78 Å². The van der Waals surface area contributed by atoms with Crippen molar-refractivity contribution in [1.29, 1.82) is 0 Å². The lowest BCUT2D eigenvalue weighted by Gasteiger charge is -2.08. The van der Waals surface area contributed by atoms with Crippen LogP contribution in [0.4, 0.5) is 5.69 Å². The van der Waals surface area contributed by atoms with Crippen molar-refractivity contribution in [3.63, 3.8) is 0 Å². The van der Waals surface area contributed by atoms with Gasteiger partial charge in [0.2, 0.25) is 5.16 Å². The predicted molar refractivity (Wildman–Crippen MR) is 122 cm³/mol. The van der Waals surface area contributed by atoms with E-state index in [1.165, 1.54) is 22.4 Å². The first-order valence-electron chi connectivity index (χ1n) is 9.67. The highest BCUT2D eigenvalue weighted by Crippen LogP contribution is 2.27. The van der Waals surface area contributed by atoms with Crippen LogP contribution in [0, 0.1) is 0 Å². The first-order chi connectivity index (χ1) is 15.8. The first-order valence-corrected chi connectivity index (χ1v) is 10.5. The van der Waals surface area contributed by atoms with Crippen molar-refractivity contribution in [3.8, 4) is 5.69 Å². The van der Waals surface area contributed by atoms with Gasteiger partial charge in [-0.15, -0.1) is 5.10 Å². The average Bonchev–Trinajstić information content (AvgIpc) is 3.30. The fraction of sp³-hybridized carbons (Fsp3) is 0. The summed E-state index contributed by atoms with van der Waals surface area (Å²) >= 11 is 1.20. The van der Waals surface area contributed by atoms with E-state index >= 15 is 0 Å². The van der Waals surface area contributed by atoms with Gasteiger partial charge in [-0.1, -0.05) is 42.5 Å². The number of rotatable bonds is 6. The van der Waals surface area contributed by atoms with E-state index < -0.39 is 0 Å². The Labute approximate surface area is 186 Å². The van der Waals surface area contributed by atoms with Gasteiger partial charge < -0.3 is 0 Å². The van der Waals surface area contributed by atoms with Gasteiger partial charge in [-0.25, -0.2) is 4.98 Å². The maximum atomic E-state index is 13.2. The molecule has 0 saturated carbocycles. The monoisotopic (exact) mass is 440 g/mol. The van der Waals surface area contributed by atoms with E-state index in [-0.39, 0.29) is 5.56 Å². The minimum Gasteiger partial charge on any atom is -0.279 e.